The molecule has 2 N–H and O–H groups in total. The number of fused-ring (bicyclic) bond motifs is 2. The van der Waals surface area contributed by atoms with Crippen molar-refractivity contribution in [1.29, 1.82) is 0 Å². The van der Waals surface area contributed by atoms with E-state index in [1.807, 2.05) is 33.7 Å². The number of ether oxygens (including phenoxy) is 2. The van der Waals surface area contributed by atoms with Gasteiger partial charge in [-0.1, -0.05) is 19.1 Å². The zero-order chi connectivity index (χ0) is 35.9. The molecule has 0 bridgehead atoms. The van der Waals surface area contributed by atoms with E-state index in [9.17, 15) is 22.8 Å². The minimum absolute atomic E-state index is 0.165. The molecular formula is C37H36F3N7O4. The summed E-state index contributed by atoms with van der Waals surface area (Å²) >= 11 is 0. The number of benzene rings is 2. The van der Waals surface area contributed by atoms with Crippen LogP contribution in [0.1, 0.15) is 59.9 Å². The van der Waals surface area contributed by atoms with Crippen LogP contribution >= 0.6 is 0 Å². The third-order valence-electron chi connectivity index (χ3n) is 9.79. The Bertz CT molecular complexity index is 2120. The van der Waals surface area contributed by atoms with Gasteiger partial charge in [-0.15, -0.1) is 0 Å². The van der Waals surface area contributed by atoms with Crippen LogP contribution in [-0.2, 0) is 22.9 Å². The van der Waals surface area contributed by atoms with Crippen molar-refractivity contribution in [3.05, 3.63) is 95.7 Å². The van der Waals surface area contributed by atoms with Crippen molar-refractivity contribution in [1.82, 2.24) is 24.3 Å². The molecule has 0 spiro atoms. The molecule has 0 saturated carbocycles. The second kappa shape index (κ2) is 13.2. The summed E-state index contributed by atoms with van der Waals surface area (Å²) in [6.07, 6.45) is 3.17. The lowest BCUT2D eigenvalue weighted by Gasteiger charge is -2.41. The molecule has 5 aromatic rings. The molecule has 2 aromatic carbocycles. The van der Waals surface area contributed by atoms with Gasteiger partial charge >= 0.3 is 6.18 Å². The fourth-order valence-corrected chi connectivity index (χ4v) is 7.05. The number of hydrogen-bond acceptors (Lipinski definition) is 8. The molecular weight excluding hydrogens is 663 g/mol. The lowest BCUT2D eigenvalue weighted by atomic mass is 9.79. The van der Waals surface area contributed by atoms with E-state index >= 15 is 0 Å². The fourth-order valence-electron chi connectivity index (χ4n) is 7.05. The monoisotopic (exact) mass is 699 g/mol. The molecule has 14 heteroatoms. The van der Waals surface area contributed by atoms with Crippen molar-refractivity contribution in [2.24, 2.45) is 0 Å². The molecule has 11 nitrogen and oxygen atoms in total. The minimum Gasteiger partial charge on any atom is -0.497 e. The summed E-state index contributed by atoms with van der Waals surface area (Å²) in [5.74, 6) is 2.02. The second-order valence-corrected chi connectivity index (χ2v) is 13.1. The molecule has 2 fully saturated rings. The van der Waals surface area contributed by atoms with E-state index in [0.29, 0.717) is 53.6 Å². The Balaban J connectivity index is 1.25. The van der Waals surface area contributed by atoms with Crippen molar-refractivity contribution < 1.29 is 32.2 Å². The highest BCUT2D eigenvalue weighted by molar-refractivity contribution is 6.04. The van der Waals surface area contributed by atoms with Gasteiger partial charge in [0.1, 0.15) is 34.4 Å². The number of carbonyl (C=O) groups excluding carboxylic acids is 2. The van der Waals surface area contributed by atoms with Gasteiger partial charge in [-0.3, -0.25) is 14.0 Å². The van der Waals surface area contributed by atoms with E-state index in [-0.39, 0.29) is 23.3 Å². The summed E-state index contributed by atoms with van der Waals surface area (Å²) in [4.78, 5) is 41.7. The number of hydrogen-bond donors (Lipinski definition) is 2. The molecule has 2 amide bonds. The Labute approximate surface area is 291 Å². The van der Waals surface area contributed by atoms with Crippen LogP contribution in [-0.4, -0.2) is 62.9 Å². The maximum absolute atomic E-state index is 13.2. The maximum Gasteiger partial charge on any atom is 0.416 e. The van der Waals surface area contributed by atoms with Gasteiger partial charge in [0.2, 0.25) is 5.91 Å². The smallest absolute Gasteiger partial charge is 0.416 e. The third kappa shape index (κ3) is 6.53. The van der Waals surface area contributed by atoms with Crippen LogP contribution in [0.25, 0.3) is 16.8 Å². The summed E-state index contributed by atoms with van der Waals surface area (Å²) in [6, 6.07) is 14.1. The maximum atomic E-state index is 13.2. The van der Waals surface area contributed by atoms with Crippen molar-refractivity contribution in [2.75, 3.05) is 31.4 Å². The van der Waals surface area contributed by atoms with E-state index in [1.54, 1.807) is 44.7 Å². The first-order valence-electron chi connectivity index (χ1n) is 16.5. The third-order valence-corrected chi connectivity index (χ3v) is 9.79. The van der Waals surface area contributed by atoms with Crippen LogP contribution in [0.5, 0.6) is 11.5 Å². The van der Waals surface area contributed by atoms with Gasteiger partial charge in [0, 0.05) is 72.3 Å². The van der Waals surface area contributed by atoms with Gasteiger partial charge in [-0.05, 0) is 55.7 Å². The number of anilines is 2. The highest BCUT2D eigenvalue weighted by Gasteiger charge is 2.45. The topological polar surface area (TPSA) is 123 Å². The standard InChI is InChI=1S/C37H36F3N7O4/c1-36(14-12-26-9-11-30(48)47(26)21-36)35-45-31(22-4-6-23(7-5-22)34(49)44-29-18-25(13-15-41-29)37(38,39)40)32-33(42-16-17-46(32)35)43-20-24-8-10-27(50-2)19-28(24)51-3/h4-8,10,13,15-19,26H,9,11-12,14,20-21H2,1-3H3,(H,42,43)(H,41,44,49)/t26-,36-/m1/s1. The number of imidazole rings is 1. The number of piperidine rings is 1. The Morgan fingerprint density at radius 3 is 2.57 bits per heavy atom. The molecule has 0 aliphatic carbocycles. The number of aromatic nitrogens is 4. The summed E-state index contributed by atoms with van der Waals surface area (Å²) in [6.45, 7) is 3.06. The number of nitrogens with one attached hydrogen (secondary N) is 2. The summed E-state index contributed by atoms with van der Waals surface area (Å²) in [5.41, 5.74) is 1.76. The highest BCUT2D eigenvalue weighted by Crippen LogP contribution is 2.42. The van der Waals surface area contributed by atoms with Crippen LogP contribution in [0.15, 0.2) is 73.2 Å². The van der Waals surface area contributed by atoms with Crippen LogP contribution in [0, 0.1) is 0 Å². The molecule has 3 aromatic heterocycles. The number of methoxy groups -OCH3 is 2. The number of amides is 2. The number of carbonyl (C=O) groups is 2. The van der Waals surface area contributed by atoms with Crippen molar-refractivity contribution in [3.8, 4) is 22.8 Å². The average molecular weight is 700 g/mol. The summed E-state index contributed by atoms with van der Waals surface area (Å²) in [7, 11) is 3.19. The van der Waals surface area contributed by atoms with Gasteiger partial charge < -0.3 is 25.0 Å². The predicted molar refractivity (Wildman–Crippen MR) is 184 cm³/mol. The molecule has 2 atom stereocenters. The lowest BCUT2D eigenvalue weighted by Crippen LogP contribution is -2.49. The first-order chi connectivity index (χ1) is 24.5. The molecule has 7 rings (SSSR count). The van der Waals surface area contributed by atoms with Gasteiger partial charge in [-0.2, -0.15) is 13.2 Å². The normalized spacial score (nSPS) is 18.8. The molecule has 51 heavy (non-hydrogen) atoms. The predicted octanol–water partition coefficient (Wildman–Crippen LogP) is 6.73. The van der Waals surface area contributed by atoms with Crippen molar-refractivity contribution in [2.45, 2.75) is 56.8 Å². The molecule has 5 heterocycles. The second-order valence-electron chi connectivity index (χ2n) is 13.1. The van der Waals surface area contributed by atoms with E-state index in [2.05, 4.69) is 22.5 Å². The minimum atomic E-state index is -4.57. The van der Waals surface area contributed by atoms with E-state index in [0.717, 1.165) is 49.0 Å². The number of alkyl halides is 3. The Morgan fingerprint density at radius 2 is 1.82 bits per heavy atom. The lowest BCUT2D eigenvalue weighted by molar-refractivity contribution is -0.137. The molecule has 264 valence electrons. The molecule has 2 saturated heterocycles. The summed E-state index contributed by atoms with van der Waals surface area (Å²) in [5, 5.41) is 5.91. The summed E-state index contributed by atoms with van der Waals surface area (Å²) < 4.78 is 52.6. The molecule has 0 unspecified atom stereocenters. The zero-order valence-electron chi connectivity index (χ0n) is 28.3. The first-order valence-corrected chi connectivity index (χ1v) is 16.5. The highest BCUT2D eigenvalue weighted by atomic mass is 19.4. The van der Waals surface area contributed by atoms with Crippen LogP contribution < -0.4 is 20.1 Å². The molecule has 0 radical (unpaired) electrons. The van der Waals surface area contributed by atoms with Crippen molar-refractivity contribution in [3.63, 3.8) is 0 Å². The van der Waals surface area contributed by atoms with Gasteiger partial charge in [0.05, 0.1) is 19.8 Å². The first kappa shape index (κ1) is 33.8. The average Bonchev–Trinajstić information content (AvgIpc) is 3.71. The van der Waals surface area contributed by atoms with Gasteiger partial charge in [-0.25, -0.2) is 15.0 Å². The van der Waals surface area contributed by atoms with Crippen molar-refractivity contribution >= 4 is 29.0 Å². The Kier molecular flexibility index (Phi) is 8.77. The SMILES string of the molecule is COc1ccc(CNc2nccn3c([C@]4(C)CC[C@H]5CCC(=O)N5C4)nc(-c4ccc(C(=O)Nc5cc(C(F)(F)F)ccn5)cc4)c23)c(OC)c1. The van der Waals surface area contributed by atoms with Crippen LogP contribution in [0.3, 0.4) is 0 Å². The largest absolute Gasteiger partial charge is 0.497 e. The number of pyridine rings is 1. The van der Waals surface area contributed by atoms with Gasteiger partial charge in [0.25, 0.3) is 5.91 Å². The Morgan fingerprint density at radius 1 is 1.02 bits per heavy atom. The Hall–Kier alpha value is -5.66. The number of nitrogens with zero attached hydrogens (tertiary/aromatic N) is 5. The number of rotatable bonds is 9. The van der Waals surface area contributed by atoms with Gasteiger partial charge in [0.15, 0.2) is 5.82 Å². The van der Waals surface area contributed by atoms with E-state index in [1.165, 1.54) is 0 Å². The molecule has 2 aliphatic heterocycles. The molecule has 2 aliphatic rings. The number of halogens is 3. The van der Waals surface area contributed by atoms with E-state index < -0.39 is 23.1 Å². The van der Waals surface area contributed by atoms with E-state index in [4.69, 9.17) is 19.4 Å². The van der Waals surface area contributed by atoms with Crippen LogP contribution in [0.4, 0.5) is 24.8 Å². The van der Waals surface area contributed by atoms with Crippen LogP contribution in [0.2, 0.25) is 0 Å². The quantitative estimate of drug-likeness (QED) is 0.174. The fraction of sp³-hybridized carbons (Fsp3) is 0.324. The zero-order valence-corrected chi connectivity index (χ0v) is 28.3.